The number of hydrogen-bond acceptors (Lipinski definition) is 4. The van der Waals surface area contributed by atoms with Crippen molar-refractivity contribution in [1.82, 2.24) is 4.98 Å². The smallest absolute Gasteiger partial charge is 0.354 e. The summed E-state index contributed by atoms with van der Waals surface area (Å²) in [4.78, 5) is 15.0. The quantitative estimate of drug-likeness (QED) is 0.926. The maximum absolute atomic E-state index is 11.0. The second-order valence-corrected chi connectivity index (χ2v) is 3.90. The van der Waals surface area contributed by atoms with Crippen LogP contribution in [0.3, 0.4) is 0 Å². The van der Waals surface area contributed by atoms with Gasteiger partial charge in [0.05, 0.1) is 30.1 Å². The van der Waals surface area contributed by atoms with Gasteiger partial charge in [0.2, 0.25) is 0 Å². The summed E-state index contributed by atoms with van der Waals surface area (Å²) in [6, 6.07) is 4.61. The molecule has 0 aliphatic heterocycles. The SMILES string of the molecule is COc1ccc(Cl)c2nc(C(=O)O)cc(OC)c12. The van der Waals surface area contributed by atoms with Crippen LogP contribution in [0.1, 0.15) is 10.5 Å². The molecule has 0 amide bonds. The molecule has 1 aromatic heterocycles. The Morgan fingerprint density at radius 3 is 2.50 bits per heavy atom. The van der Waals surface area contributed by atoms with Crippen molar-refractivity contribution in [3.8, 4) is 11.5 Å². The zero-order valence-corrected chi connectivity index (χ0v) is 10.5. The van der Waals surface area contributed by atoms with Crippen LogP contribution >= 0.6 is 11.6 Å². The molecular formula is C12H10ClNO4. The third-order valence-corrected chi connectivity index (χ3v) is 2.80. The number of aromatic nitrogens is 1. The number of rotatable bonds is 3. The molecule has 2 aromatic rings. The lowest BCUT2D eigenvalue weighted by molar-refractivity contribution is 0.0690. The van der Waals surface area contributed by atoms with Crippen LogP contribution in [0.5, 0.6) is 11.5 Å². The van der Waals surface area contributed by atoms with Crippen LogP contribution < -0.4 is 9.47 Å². The van der Waals surface area contributed by atoms with Gasteiger partial charge in [-0.25, -0.2) is 9.78 Å². The molecule has 0 bridgehead atoms. The Morgan fingerprint density at radius 2 is 1.94 bits per heavy atom. The fourth-order valence-electron chi connectivity index (χ4n) is 1.68. The molecule has 0 atom stereocenters. The van der Waals surface area contributed by atoms with Crippen LogP contribution in [-0.2, 0) is 0 Å². The van der Waals surface area contributed by atoms with E-state index in [2.05, 4.69) is 4.98 Å². The van der Waals surface area contributed by atoms with Crippen molar-refractivity contribution >= 4 is 28.5 Å². The minimum absolute atomic E-state index is 0.130. The first-order chi connectivity index (χ1) is 8.58. The third kappa shape index (κ3) is 1.93. The van der Waals surface area contributed by atoms with Crippen LogP contribution in [0.2, 0.25) is 5.02 Å². The van der Waals surface area contributed by atoms with Crippen molar-refractivity contribution in [3.63, 3.8) is 0 Å². The molecule has 5 nitrogen and oxygen atoms in total. The van der Waals surface area contributed by atoms with Crippen LogP contribution in [0.25, 0.3) is 10.9 Å². The molecule has 18 heavy (non-hydrogen) atoms. The first kappa shape index (κ1) is 12.4. The van der Waals surface area contributed by atoms with Gasteiger partial charge in [-0.2, -0.15) is 0 Å². The van der Waals surface area contributed by atoms with E-state index in [0.717, 1.165) is 0 Å². The average molecular weight is 268 g/mol. The first-order valence-corrected chi connectivity index (χ1v) is 5.40. The van der Waals surface area contributed by atoms with Crippen LogP contribution in [0.15, 0.2) is 18.2 Å². The summed E-state index contributed by atoms with van der Waals surface area (Å²) >= 11 is 6.03. The molecule has 0 unspecified atom stereocenters. The lowest BCUT2D eigenvalue weighted by Gasteiger charge is -2.11. The number of hydrogen-bond donors (Lipinski definition) is 1. The summed E-state index contributed by atoms with van der Waals surface area (Å²) in [5.74, 6) is -0.262. The number of fused-ring (bicyclic) bond motifs is 1. The van der Waals surface area contributed by atoms with E-state index in [9.17, 15) is 4.79 Å². The molecule has 0 saturated heterocycles. The molecule has 0 aliphatic rings. The standard InChI is InChI=1S/C12H10ClNO4/c1-17-8-4-3-6(13)11-10(8)9(18-2)5-7(14-11)12(15)16/h3-5H,1-2H3,(H,15,16). The monoisotopic (exact) mass is 267 g/mol. The van der Waals surface area contributed by atoms with E-state index in [0.29, 0.717) is 27.4 Å². The van der Waals surface area contributed by atoms with Gasteiger partial charge in [-0.1, -0.05) is 11.6 Å². The molecular weight excluding hydrogens is 258 g/mol. The molecule has 1 heterocycles. The molecule has 6 heteroatoms. The zero-order chi connectivity index (χ0) is 13.3. The number of pyridine rings is 1. The number of carboxylic acids is 1. The number of carbonyl (C=O) groups is 1. The van der Waals surface area contributed by atoms with E-state index < -0.39 is 5.97 Å². The van der Waals surface area contributed by atoms with E-state index in [1.807, 2.05) is 0 Å². The lowest BCUT2D eigenvalue weighted by atomic mass is 10.1. The third-order valence-electron chi connectivity index (χ3n) is 2.50. The summed E-state index contributed by atoms with van der Waals surface area (Å²) in [7, 11) is 2.95. The highest BCUT2D eigenvalue weighted by Crippen LogP contribution is 2.37. The van der Waals surface area contributed by atoms with E-state index in [4.69, 9.17) is 26.2 Å². The van der Waals surface area contributed by atoms with Crippen molar-refractivity contribution in [2.75, 3.05) is 14.2 Å². The fourth-order valence-corrected chi connectivity index (χ4v) is 1.88. The van der Waals surface area contributed by atoms with Crippen molar-refractivity contribution in [2.45, 2.75) is 0 Å². The Morgan fingerprint density at radius 1 is 1.28 bits per heavy atom. The lowest BCUT2D eigenvalue weighted by Crippen LogP contribution is -2.02. The van der Waals surface area contributed by atoms with Crippen molar-refractivity contribution in [2.24, 2.45) is 0 Å². The minimum Gasteiger partial charge on any atom is -0.496 e. The van der Waals surface area contributed by atoms with Crippen molar-refractivity contribution < 1.29 is 19.4 Å². The summed E-state index contributed by atoms with van der Waals surface area (Å²) < 4.78 is 10.4. The predicted octanol–water partition coefficient (Wildman–Crippen LogP) is 2.60. The number of aromatic carboxylic acids is 1. The van der Waals surface area contributed by atoms with E-state index in [1.165, 1.54) is 20.3 Å². The molecule has 0 radical (unpaired) electrons. The largest absolute Gasteiger partial charge is 0.496 e. The average Bonchev–Trinajstić information content (AvgIpc) is 2.38. The van der Waals surface area contributed by atoms with Gasteiger partial charge in [-0.05, 0) is 12.1 Å². The van der Waals surface area contributed by atoms with Gasteiger partial charge >= 0.3 is 5.97 Å². The molecule has 0 fully saturated rings. The molecule has 1 aromatic carbocycles. The summed E-state index contributed by atoms with van der Waals surface area (Å²) in [6.45, 7) is 0. The zero-order valence-electron chi connectivity index (χ0n) is 9.73. The normalized spacial score (nSPS) is 10.4. The van der Waals surface area contributed by atoms with Crippen LogP contribution in [0.4, 0.5) is 0 Å². The minimum atomic E-state index is -1.14. The van der Waals surface area contributed by atoms with Gasteiger partial charge in [0.15, 0.2) is 5.69 Å². The Balaban J connectivity index is 2.90. The first-order valence-electron chi connectivity index (χ1n) is 5.03. The number of carboxylic acid groups (broad SMARTS) is 1. The number of halogens is 1. The Labute approximate surface area is 108 Å². The highest BCUT2D eigenvalue weighted by molar-refractivity contribution is 6.35. The maximum Gasteiger partial charge on any atom is 0.354 e. The number of benzene rings is 1. The van der Waals surface area contributed by atoms with Gasteiger partial charge in [-0.3, -0.25) is 0 Å². The van der Waals surface area contributed by atoms with Gasteiger partial charge in [0.1, 0.15) is 11.5 Å². The molecule has 1 N–H and O–H groups in total. The topological polar surface area (TPSA) is 68.7 Å². The Kier molecular flexibility index (Phi) is 3.25. The van der Waals surface area contributed by atoms with Gasteiger partial charge < -0.3 is 14.6 Å². The number of ether oxygens (including phenoxy) is 2. The highest BCUT2D eigenvalue weighted by atomic mass is 35.5. The second-order valence-electron chi connectivity index (χ2n) is 3.49. The van der Waals surface area contributed by atoms with Crippen molar-refractivity contribution in [3.05, 3.63) is 28.9 Å². The number of methoxy groups -OCH3 is 2. The van der Waals surface area contributed by atoms with Crippen molar-refractivity contribution in [1.29, 1.82) is 0 Å². The summed E-state index contributed by atoms with van der Waals surface area (Å²) in [6.07, 6.45) is 0. The van der Waals surface area contributed by atoms with E-state index in [-0.39, 0.29) is 5.69 Å². The second kappa shape index (κ2) is 4.70. The Hall–Kier alpha value is -2.01. The molecule has 0 aliphatic carbocycles. The van der Waals surface area contributed by atoms with Gasteiger partial charge in [0.25, 0.3) is 0 Å². The molecule has 94 valence electrons. The molecule has 0 spiro atoms. The van der Waals surface area contributed by atoms with Crippen LogP contribution in [0, 0.1) is 0 Å². The van der Waals surface area contributed by atoms with E-state index >= 15 is 0 Å². The van der Waals surface area contributed by atoms with Gasteiger partial charge in [0, 0.05) is 6.07 Å². The summed E-state index contributed by atoms with van der Waals surface area (Å²) in [5.41, 5.74) is 0.210. The van der Waals surface area contributed by atoms with Gasteiger partial charge in [-0.15, -0.1) is 0 Å². The molecule has 2 rings (SSSR count). The maximum atomic E-state index is 11.0. The van der Waals surface area contributed by atoms with Crippen LogP contribution in [-0.4, -0.2) is 30.3 Å². The Bertz CT molecular complexity index is 627. The summed E-state index contributed by atoms with van der Waals surface area (Å²) in [5, 5.41) is 9.88. The van der Waals surface area contributed by atoms with E-state index in [1.54, 1.807) is 12.1 Å². The number of nitrogens with zero attached hydrogens (tertiary/aromatic N) is 1. The predicted molar refractivity (Wildman–Crippen MR) is 66.8 cm³/mol. The fraction of sp³-hybridized carbons (Fsp3) is 0.167. The highest BCUT2D eigenvalue weighted by Gasteiger charge is 2.16. The molecule has 0 saturated carbocycles.